The Morgan fingerprint density at radius 1 is 1.40 bits per heavy atom. The molecule has 1 fully saturated rings. The number of fused-ring (bicyclic) bond motifs is 1. The van der Waals surface area contributed by atoms with Crippen LogP contribution < -0.4 is 5.73 Å². The molecule has 2 aromatic heterocycles. The number of carbonyl (C=O) groups is 2. The van der Waals surface area contributed by atoms with Crippen molar-refractivity contribution < 1.29 is 19.8 Å². The Hall–Kier alpha value is -2.45. The quantitative estimate of drug-likeness (QED) is 0.671. The topological polar surface area (TPSA) is 121 Å². The van der Waals surface area contributed by atoms with E-state index in [1.54, 1.807) is 11.1 Å². The Balaban J connectivity index is 1.57. The zero-order valence-electron chi connectivity index (χ0n) is 13.8. The van der Waals surface area contributed by atoms with Gasteiger partial charge in [-0.15, -0.1) is 0 Å². The number of aliphatic hydroxyl groups is 1. The van der Waals surface area contributed by atoms with Gasteiger partial charge in [0.15, 0.2) is 0 Å². The van der Waals surface area contributed by atoms with E-state index in [4.69, 9.17) is 10.8 Å². The fourth-order valence-electron chi connectivity index (χ4n) is 3.17. The maximum atomic E-state index is 12.2. The van der Waals surface area contributed by atoms with Gasteiger partial charge in [-0.1, -0.05) is 0 Å². The van der Waals surface area contributed by atoms with Crippen LogP contribution in [0.2, 0.25) is 0 Å². The van der Waals surface area contributed by atoms with Gasteiger partial charge in [-0.05, 0) is 25.0 Å². The molecule has 4 N–H and O–H groups in total. The number of carboxylic acids is 1. The number of hydrogen-bond acceptors (Lipinski definition) is 5. The first kappa shape index (κ1) is 17.4. The number of nitrogens with zero attached hydrogens (tertiary/aromatic N) is 3. The molecule has 0 aliphatic carbocycles. The summed E-state index contributed by atoms with van der Waals surface area (Å²) >= 11 is 0. The Bertz CT molecular complexity index is 775. The minimum absolute atomic E-state index is 0.0699. The van der Waals surface area contributed by atoms with Crippen LogP contribution in [0.1, 0.15) is 18.5 Å². The van der Waals surface area contributed by atoms with Gasteiger partial charge in [0, 0.05) is 37.8 Å². The molecule has 1 amide bonds. The van der Waals surface area contributed by atoms with Crippen molar-refractivity contribution in [2.24, 2.45) is 11.7 Å². The third kappa shape index (κ3) is 3.97. The summed E-state index contributed by atoms with van der Waals surface area (Å²) in [7, 11) is 0. The third-order valence-electron chi connectivity index (χ3n) is 4.68. The Morgan fingerprint density at radius 3 is 2.96 bits per heavy atom. The number of amides is 1. The van der Waals surface area contributed by atoms with Crippen molar-refractivity contribution in [2.75, 3.05) is 13.1 Å². The van der Waals surface area contributed by atoms with Crippen molar-refractivity contribution in [2.45, 2.75) is 31.4 Å². The Morgan fingerprint density at radius 2 is 2.20 bits per heavy atom. The molecular formula is C17H22N4O4. The van der Waals surface area contributed by atoms with Gasteiger partial charge in [0.05, 0.1) is 23.5 Å². The van der Waals surface area contributed by atoms with Crippen molar-refractivity contribution in [3.8, 4) is 0 Å². The average Bonchev–Trinajstić information content (AvgIpc) is 3.18. The second-order valence-corrected chi connectivity index (χ2v) is 6.53. The number of carboxylic acid groups (broad SMARTS) is 1. The molecule has 0 unspecified atom stereocenters. The van der Waals surface area contributed by atoms with Crippen molar-refractivity contribution >= 4 is 17.4 Å². The molecule has 8 nitrogen and oxygen atoms in total. The predicted octanol–water partition coefficient (Wildman–Crippen LogP) is -0.112. The lowest BCUT2D eigenvalue weighted by atomic mass is 10.0. The molecule has 3 rings (SSSR count). The van der Waals surface area contributed by atoms with E-state index in [0.29, 0.717) is 13.0 Å². The van der Waals surface area contributed by atoms with Gasteiger partial charge in [0.2, 0.25) is 5.91 Å². The van der Waals surface area contributed by atoms with Crippen molar-refractivity contribution in [3.05, 3.63) is 36.4 Å². The highest BCUT2D eigenvalue weighted by Gasteiger charge is 2.34. The van der Waals surface area contributed by atoms with E-state index in [9.17, 15) is 14.7 Å². The first-order valence-electron chi connectivity index (χ1n) is 8.30. The van der Waals surface area contributed by atoms with Crippen LogP contribution in [0.15, 0.2) is 30.7 Å². The summed E-state index contributed by atoms with van der Waals surface area (Å²) in [5.41, 5.74) is 7.29. The lowest BCUT2D eigenvalue weighted by Gasteiger charge is -2.16. The van der Waals surface area contributed by atoms with Gasteiger partial charge in [-0.2, -0.15) is 0 Å². The predicted molar refractivity (Wildman–Crippen MR) is 89.8 cm³/mol. The second kappa shape index (κ2) is 7.20. The van der Waals surface area contributed by atoms with Crippen LogP contribution in [-0.4, -0.2) is 61.6 Å². The van der Waals surface area contributed by atoms with Crippen LogP contribution >= 0.6 is 0 Å². The number of hydrogen-bond donors (Lipinski definition) is 3. The fourth-order valence-corrected chi connectivity index (χ4v) is 3.17. The molecule has 8 heteroatoms. The van der Waals surface area contributed by atoms with Crippen LogP contribution in [0.25, 0.3) is 5.52 Å². The summed E-state index contributed by atoms with van der Waals surface area (Å²) in [5.74, 6) is -1.37. The molecular weight excluding hydrogens is 324 g/mol. The second-order valence-electron chi connectivity index (χ2n) is 6.53. The van der Waals surface area contributed by atoms with Gasteiger partial charge in [0.1, 0.15) is 6.04 Å². The number of aliphatic carboxylic acids is 1. The Kier molecular flexibility index (Phi) is 5.00. The number of nitrogens with two attached hydrogens (primary N) is 1. The van der Waals surface area contributed by atoms with E-state index in [1.165, 1.54) is 0 Å². The molecule has 1 aliphatic heterocycles. The maximum absolute atomic E-state index is 12.2. The molecule has 3 heterocycles. The molecule has 3 atom stereocenters. The van der Waals surface area contributed by atoms with E-state index >= 15 is 0 Å². The molecule has 0 saturated carbocycles. The molecule has 2 aromatic rings. The molecule has 0 spiro atoms. The molecule has 1 aliphatic rings. The zero-order valence-corrected chi connectivity index (χ0v) is 13.8. The minimum Gasteiger partial charge on any atom is -0.480 e. The van der Waals surface area contributed by atoms with Crippen LogP contribution in [0, 0.1) is 5.92 Å². The fraction of sp³-hybridized carbons (Fsp3) is 0.471. The minimum atomic E-state index is -1.11. The van der Waals surface area contributed by atoms with Crippen molar-refractivity contribution in [3.63, 3.8) is 0 Å². The maximum Gasteiger partial charge on any atom is 0.320 e. The monoisotopic (exact) mass is 346 g/mol. The zero-order chi connectivity index (χ0) is 18.0. The first-order chi connectivity index (χ1) is 11.9. The van der Waals surface area contributed by atoms with Gasteiger partial charge in [-0.3, -0.25) is 14.6 Å². The van der Waals surface area contributed by atoms with Crippen LogP contribution in [0.5, 0.6) is 0 Å². The number of carbonyl (C=O) groups excluding carboxylic acids is 1. The van der Waals surface area contributed by atoms with E-state index in [2.05, 4.69) is 4.98 Å². The lowest BCUT2D eigenvalue weighted by molar-refractivity contribution is -0.139. The highest BCUT2D eigenvalue weighted by molar-refractivity contribution is 5.78. The number of likely N-dealkylation sites (tertiary alicyclic amines) is 1. The third-order valence-corrected chi connectivity index (χ3v) is 4.68. The van der Waals surface area contributed by atoms with E-state index < -0.39 is 18.1 Å². The summed E-state index contributed by atoms with van der Waals surface area (Å²) in [6.07, 6.45) is 5.78. The molecule has 25 heavy (non-hydrogen) atoms. The van der Waals surface area contributed by atoms with Crippen molar-refractivity contribution in [1.29, 1.82) is 0 Å². The smallest absolute Gasteiger partial charge is 0.320 e. The summed E-state index contributed by atoms with van der Waals surface area (Å²) < 4.78 is 1.97. The molecule has 0 bridgehead atoms. The molecule has 1 saturated heterocycles. The summed E-state index contributed by atoms with van der Waals surface area (Å²) in [5, 5.41) is 19.0. The number of aromatic nitrogens is 2. The lowest BCUT2D eigenvalue weighted by Crippen LogP contribution is -2.34. The standard InChI is InChI=1S/C17H22N4O4/c18-14(17(24)25)3-4-16(23)21-8-11(15(22)10-21)6-12-9-20-5-1-2-13(20)7-19-12/h1-2,5,7,9,11,14-15,22H,3-4,6,8,10,18H2,(H,24,25)/t11-,14+,15+/m0/s1. The Labute approximate surface area is 144 Å². The van der Waals surface area contributed by atoms with Gasteiger partial charge in [0.25, 0.3) is 0 Å². The molecule has 0 aromatic carbocycles. The van der Waals surface area contributed by atoms with Crippen molar-refractivity contribution in [1.82, 2.24) is 14.3 Å². The van der Waals surface area contributed by atoms with Crippen LogP contribution in [0.3, 0.4) is 0 Å². The highest BCUT2D eigenvalue weighted by Crippen LogP contribution is 2.22. The summed E-state index contributed by atoms with van der Waals surface area (Å²) in [4.78, 5) is 28.9. The normalized spacial score (nSPS) is 21.6. The van der Waals surface area contributed by atoms with Crippen LogP contribution in [-0.2, 0) is 16.0 Å². The molecule has 134 valence electrons. The van der Waals surface area contributed by atoms with Gasteiger partial charge in [-0.25, -0.2) is 0 Å². The highest BCUT2D eigenvalue weighted by atomic mass is 16.4. The van der Waals surface area contributed by atoms with E-state index in [0.717, 1.165) is 11.2 Å². The van der Waals surface area contributed by atoms with E-state index in [1.807, 2.05) is 28.9 Å². The first-order valence-corrected chi connectivity index (χ1v) is 8.30. The average molecular weight is 346 g/mol. The van der Waals surface area contributed by atoms with E-state index in [-0.39, 0.29) is 31.2 Å². The molecule has 0 radical (unpaired) electrons. The van der Waals surface area contributed by atoms with Crippen LogP contribution in [0.4, 0.5) is 0 Å². The summed E-state index contributed by atoms with van der Waals surface area (Å²) in [6.45, 7) is 0.700. The summed E-state index contributed by atoms with van der Waals surface area (Å²) in [6, 6.07) is 2.86. The largest absolute Gasteiger partial charge is 0.480 e. The number of aliphatic hydroxyl groups excluding tert-OH is 1. The van der Waals surface area contributed by atoms with Gasteiger partial charge < -0.3 is 25.2 Å². The van der Waals surface area contributed by atoms with Gasteiger partial charge >= 0.3 is 5.97 Å². The number of β-amino-alcohol motifs (C(OH)–C–C–N with tert-alkyl or cyclic N) is 1. The number of rotatable bonds is 6. The SMILES string of the molecule is N[C@H](CCC(=O)N1C[C@H](Cc2cn3cccc3cn2)[C@H](O)C1)C(=O)O.